The topological polar surface area (TPSA) is 24.5 Å². The van der Waals surface area contributed by atoms with Crippen LogP contribution in [0, 0.1) is 0 Å². The molecule has 0 amide bonds. The summed E-state index contributed by atoms with van der Waals surface area (Å²) in [6, 6.07) is 8.45. The van der Waals surface area contributed by atoms with E-state index in [4.69, 9.17) is 4.74 Å². The minimum Gasteiger partial charge on any atom is -0.379 e. The van der Waals surface area contributed by atoms with Gasteiger partial charge in [0.2, 0.25) is 0 Å². The van der Waals surface area contributed by atoms with Gasteiger partial charge in [0, 0.05) is 24.1 Å². The van der Waals surface area contributed by atoms with Crippen molar-refractivity contribution in [2.45, 2.75) is 13.0 Å². The van der Waals surface area contributed by atoms with Gasteiger partial charge in [0.15, 0.2) is 0 Å². The lowest BCUT2D eigenvalue weighted by atomic mass is 10.2. The first-order valence-corrected chi connectivity index (χ1v) is 7.39. The van der Waals surface area contributed by atoms with Gasteiger partial charge < -0.3 is 10.1 Å². The first kappa shape index (κ1) is 16.9. The minimum atomic E-state index is 0. The molecule has 1 fully saturated rings. The van der Waals surface area contributed by atoms with E-state index in [1.165, 1.54) is 18.5 Å². The third kappa shape index (κ3) is 6.72. The largest absolute Gasteiger partial charge is 0.379 e. The van der Waals surface area contributed by atoms with Gasteiger partial charge in [-0.2, -0.15) is 0 Å². The maximum Gasteiger partial charge on any atom is 0.0594 e. The van der Waals surface area contributed by atoms with Crippen molar-refractivity contribution in [1.29, 1.82) is 0 Å². The van der Waals surface area contributed by atoms with E-state index in [2.05, 4.69) is 50.4 Å². The molecule has 1 heterocycles. The lowest BCUT2D eigenvalue weighted by Gasteiger charge is -2.26. The van der Waals surface area contributed by atoms with Gasteiger partial charge in [-0.15, -0.1) is 12.4 Å². The predicted octanol–water partition coefficient (Wildman–Crippen LogP) is 2.68. The molecular formula is C14H22BrClN2O. The second-order valence-corrected chi connectivity index (χ2v) is 5.53. The summed E-state index contributed by atoms with van der Waals surface area (Å²) >= 11 is 3.49. The monoisotopic (exact) mass is 348 g/mol. The van der Waals surface area contributed by atoms with Gasteiger partial charge in [-0.3, -0.25) is 4.90 Å². The first-order chi connectivity index (χ1) is 8.84. The Kier molecular flexibility index (Phi) is 8.66. The van der Waals surface area contributed by atoms with Crippen LogP contribution in [0.25, 0.3) is 0 Å². The van der Waals surface area contributed by atoms with E-state index in [-0.39, 0.29) is 12.4 Å². The fraction of sp³-hybridized carbons (Fsp3) is 0.571. The number of benzene rings is 1. The molecule has 3 nitrogen and oxygen atoms in total. The number of ether oxygens (including phenoxy) is 1. The number of nitrogens with zero attached hydrogens (tertiary/aromatic N) is 1. The lowest BCUT2D eigenvalue weighted by molar-refractivity contribution is 0.0374. The van der Waals surface area contributed by atoms with E-state index >= 15 is 0 Å². The predicted molar refractivity (Wildman–Crippen MR) is 85.0 cm³/mol. The molecule has 0 aliphatic carbocycles. The highest BCUT2D eigenvalue weighted by molar-refractivity contribution is 9.10. The number of hydrogen-bond donors (Lipinski definition) is 1. The van der Waals surface area contributed by atoms with Crippen molar-refractivity contribution in [2.75, 3.05) is 39.4 Å². The van der Waals surface area contributed by atoms with Gasteiger partial charge in [0.1, 0.15) is 0 Å². The maximum atomic E-state index is 5.33. The number of morpholine rings is 1. The molecule has 1 aromatic carbocycles. The SMILES string of the molecule is Brc1cccc(CNCCCN2CCOCC2)c1.Cl. The van der Waals surface area contributed by atoms with Crippen LogP contribution in [0.15, 0.2) is 28.7 Å². The van der Waals surface area contributed by atoms with E-state index in [1.807, 2.05) is 0 Å². The van der Waals surface area contributed by atoms with Crippen molar-refractivity contribution in [3.63, 3.8) is 0 Å². The number of halogens is 2. The standard InChI is InChI=1S/C14H21BrN2O.ClH/c15-14-4-1-3-13(11-14)12-16-5-2-6-17-7-9-18-10-8-17;/h1,3-4,11,16H,2,5-10,12H2;1H. The molecular weight excluding hydrogens is 328 g/mol. The molecule has 19 heavy (non-hydrogen) atoms. The van der Waals surface area contributed by atoms with Crippen molar-refractivity contribution in [1.82, 2.24) is 10.2 Å². The average molecular weight is 350 g/mol. The van der Waals surface area contributed by atoms with E-state index in [0.717, 1.165) is 43.9 Å². The smallest absolute Gasteiger partial charge is 0.0594 e. The summed E-state index contributed by atoms with van der Waals surface area (Å²) in [4.78, 5) is 2.48. The number of hydrogen-bond acceptors (Lipinski definition) is 3. The zero-order valence-electron chi connectivity index (χ0n) is 11.1. The fourth-order valence-corrected chi connectivity index (χ4v) is 2.58. The van der Waals surface area contributed by atoms with Gasteiger partial charge in [0.05, 0.1) is 13.2 Å². The van der Waals surface area contributed by atoms with Crippen molar-refractivity contribution in [3.8, 4) is 0 Å². The van der Waals surface area contributed by atoms with Gasteiger partial charge in [0.25, 0.3) is 0 Å². The molecule has 1 aliphatic heterocycles. The van der Waals surface area contributed by atoms with E-state index < -0.39 is 0 Å². The summed E-state index contributed by atoms with van der Waals surface area (Å²) in [6.45, 7) is 7.16. The summed E-state index contributed by atoms with van der Waals surface area (Å²) in [7, 11) is 0. The Morgan fingerprint density at radius 2 is 2.05 bits per heavy atom. The average Bonchev–Trinajstić information content (AvgIpc) is 2.40. The fourth-order valence-electron chi connectivity index (χ4n) is 2.13. The highest BCUT2D eigenvalue weighted by Gasteiger charge is 2.08. The van der Waals surface area contributed by atoms with Crippen molar-refractivity contribution in [2.24, 2.45) is 0 Å². The van der Waals surface area contributed by atoms with Gasteiger partial charge >= 0.3 is 0 Å². The van der Waals surface area contributed by atoms with Gasteiger partial charge in [-0.05, 0) is 37.2 Å². The molecule has 0 atom stereocenters. The Balaban J connectivity index is 0.00000180. The maximum absolute atomic E-state index is 5.33. The lowest BCUT2D eigenvalue weighted by Crippen LogP contribution is -2.37. The molecule has 1 aliphatic rings. The third-order valence-corrected chi connectivity index (χ3v) is 3.64. The van der Waals surface area contributed by atoms with E-state index in [0.29, 0.717) is 0 Å². The third-order valence-electron chi connectivity index (χ3n) is 3.15. The zero-order valence-corrected chi connectivity index (χ0v) is 13.5. The van der Waals surface area contributed by atoms with Crippen molar-refractivity contribution in [3.05, 3.63) is 34.3 Å². The van der Waals surface area contributed by atoms with Crippen molar-refractivity contribution >= 4 is 28.3 Å². The summed E-state index contributed by atoms with van der Waals surface area (Å²) < 4.78 is 6.48. The highest BCUT2D eigenvalue weighted by Crippen LogP contribution is 2.11. The van der Waals surface area contributed by atoms with Crippen LogP contribution < -0.4 is 5.32 Å². The minimum absolute atomic E-state index is 0. The van der Waals surface area contributed by atoms with Crippen LogP contribution in [-0.2, 0) is 11.3 Å². The molecule has 1 saturated heterocycles. The molecule has 2 rings (SSSR count). The van der Waals surface area contributed by atoms with Crippen LogP contribution >= 0.6 is 28.3 Å². The van der Waals surface area contributed by atoms with Crippen LogP contribution in [-0.4, -0.2) is 44.3 Å². The molecule has 1 aromatic rings. The van der Waals surface area contributed by atoms with Crippen LogP contribution in [0.3, 0.4) is 0 Å². The Morgan fingerprint density at radius 3 is 2.79 bits per heavy atom. The van der Waals surface area contributed by atoms with Crippen LogP contribution in [0.5, 0.6) is 0 Å². The first-order valence-electron chi connectivity index (χ1n) is 6.60. The second kappa shape index (κ2) is 9.72. The Labute approximate surface area is 130 Å². The van der Waals surface area contributed by atoms with E-state index in [9.17, 15) is 0 Å². The molecule has 0 saturated carbocycles. The second-order valence-electron chi connectivity index (χ2n) is 4.61. The summed E-state index contributed by atoms with van der Waals surface area (Å²) in [5.74, 6) is 0. The van der Waals surface area contributed by atoms with Gasteiger partial charge in [-0.1, -0.05) is 28.1 Å². The Hall–Kier alpha value is -0.130. The molecule has 0 radical (unpaired) electrons. The summed E-state index contributed by atoms with van der Waals surface area (Å²) in [5.41, 5.74) is 1.33. The Morgan fingerprint density at radius 1 is 1.26 bits per heavy atom. The van der Waals surface area contributed by atoms with E-state index in [1.54, 1.807) is 0 Å². The molecule has 5 heteroatoms. The van der Waals surface area contributed by atoms with Crippen LogP contribution in [0.4, 0.5) is 0 Å². The van der Waals surface area contributed by atoms with Crippen LogP contribution in [0.2, 0.25) is 0 Å². The molecule has 0 aromatic heterocycles. The Bertz CT molecular complexity index is 359. The molecule has 0 unspecified atom stereocenters. The van der Waals surface area contributed by atoms with Gasteiger partial charge in [-0.25, -0.2) is 0 Å². The molecule has 0 spiro atoms. The van der Waals surface area contributed by atoms with Crippen LogP contribution in [0.1, 0.15) is 12.0 Å². The van der Waals surface area contributed by atoms with Crippen molar-refractivity contribution < 1.29 is 4.74 Å². The number of nitrogens with one attached hydrogen (secondary N) is 1. The zero-order chi connectivity index (χ0) is 12.6. The molecule has 0 bridgehead atoms. The molecule has 1 N–H and O–H groups in total. The summed E-state index contributed by atoms with van der Waals surface area (Å²) in [6.07, 6.45) is 1.20. The normalized spacial score (nSPS) is 16.1. The molecule has 108 valence electrons. The summed E-state index contributed by atoms with van der Waals surface area (Å²) in [5, 5.41) is 3.49. The quantitative estimate of drug-likeness (QED) is 0.799. The number of rotatable bonds is 6. The highest BCUT2D eigenvalue weighted by atomic mass is 79.9.